The standard InChI is InChI=1S/C27H28FN3O5/c1-35-23-9-8-21(32)24(25(23)28)26(33)18-6-4-17(5-7-18)16-36-22-3-2-12-30-15-20(22)31-27(34)19-10-13-29-14-11-19/h4-11,13-14,20,22,30,32H,2-3,12,15-16H2,1H3,(H,31,34). The quantitative estimate of drug-likeness (QED) is 0.413. The molecule has 0 saturated carbocycles. The molecule has 1 amide bonds. The van der Waals surface area contributed by atoms with Gasteiger partial charge in [0.1, 0.15) is 11.3 Å². The van der Waals surface area contributed by atoms with E-state index in [1.54, 1.807) is 48.8 Å². The van der Waals surface area contributed by atoms with E-state index in [2.05, 4.69) is 15.6 Å². The van der Waals surface area contributed by atoms with Crippen molar-refractivity contribution in [3.8, 4) is 11.5 Å². The first-order valence-electron chi connectivity index (χ1n) is 11.7. The second-order valence-corrected chi connectivity index (χ2v) is 8.51. The number of phenols is 1. The van der Waals surface area contributed by atoms with Gasteiger partial charge in [-0.2, -0.15) is 0 Å². The molecule has 2 atom stereocenters. The highest BCUT2D eigenvalue weighted by atomic mass is 19.1. The molecule has 1 fully saturated rings. The third kappa shape index (κ3) is 5.87. The molecule has 36 heavy (non-hydrogen) atoms. The molecule has 0 spiro atoms. The Labute approximate surface area is 208 Å². The Hall–Kier alpha value is -3.82. The minimum absolute atomic E-state index is 0.121. The largest absolute Gasteiger partial charge is 0.507 e. The number of ketones is 1. The number of aromatic hydroxyl groups is 1. The molecule has 3 N–H and O–H groups in total. The number of aromatic nitrogens is 1. The van der Waals surface area contributed by atoms with Gasteiger partial charge >= 0.3 is 0 Å². The summed E-state index contributed by atoms with van der Waals surface area (Å²) in [7, 11) is 1.29. The highest BCUT2D eigenvalue weighted by Gasteiger charge is 2.27. The van der Waals surface area contributed by atoms with Crippen LogP contribution in [0.15, 0.2) is 60.9 Å². The van der Waals surface area contributed by atoms with Gasteiger partial charge in [-0.1, -0.05) is 24.3 Å². The molecule has 9 heteroatoms. The average Bonchev–Trinajstić information content (AvgIpc) is 3.13. The van der Waals surface area contributed by atoms with Crippen LogP contribution in [0.1, 0.15) is 44.7 Å². The van der Waals surface area contributed by atoms with Gasteiger partial charge in [-0.25, -0.2) is 4.39 Å². The summed E-state index contributed by atoms with van der Waals surface area (Å²) in [5.41, 5.74) is 1.14. The van der Waals surface area contributed by atoms with Crippen LogP contribution in [0.2, 0.25) is 0 Å². The third-order valence-corrected chi connectivity index (χ3v) is 6.13. The zero-order valence-corrected chi connectivity index (χ0v) is 19.9. The molecule has 2 aromatic carbocycles. The van der Waals surface area contributed by atoms with Crippen LogP contribution in [0, 0.1) is 5.82 Å². The fourth-order valence-electron chi connectivity index (χ4n) is 4.14. The lowest BCUT2D eigenvalue weighted by atomic mass is 10.0. The lowest BCUT2D eigenvalue weighted by Gasteiger charge is -2.26. The number of phenolic OH excluding ortho intramolecular Hbond substituents is 1. The lowest BCUT2D eigenvalue weighted by Crippen LogP contribution is -2.48. The summed E-state index contributed by atoms with van der Waals surface area (Å²) in [6.07, 6.45) is 4.64. The number of rotatable bonds is 8. The van der Waals surface area contributed by atoms with Crippen LogP contribution >= 0.6 is 0 Å². The first kappa shape index (κ1) is 25.3. The topological polar surface area (TPSA) is 110 Å². The maximum Gasteiger partial charge on any atom is 0.251 e. The lowest BCUT2D eigenvalue weighted by molar-refractivity contribution is 0.0135. The zero-order valence-electron chi connectivity index (χ0n) is 19.9. The van der Waals surface area contributed by atoms with Gasteiger partial charge in [0.05, 0.1) is 25.9 Å². The van der Waals surface area contributed by atoms with Gasteiger partial charge in [-0.3, -0.25) is 14.6 Å². The predicted molar refractivity (Wildman–Crippen MR) is 131 cm³/mol. The molecular formula is C27H28FN3O5. The average molecular weight is 494 g/mol. The minimum Gasteiger partial charge on any atom is -0.507 e. The zero-order chi connectivity index (χ0) is 25.5. The summed E-state index contributed by atoms with van der Waals surface area (Å²) in [6, 6.07) is 12.2. The van der Waals surface area contributed by atoms with E-state index in [1.165, 1.54) is 19.2 Å². The van der Waals surface area contributed by atoms with Gasteiger partial charge in [0.25, 0.3) is 5.91 Å². The Morgan fingerprint density at radius 3 is 2.58 bits per heavy atom. The van der Waals surface area contributed by atoms with E-state index in [-0.39, 0.29) is 36.0 Å². The van der Waals surface area contributed by atoms with Crippen LogP contribution in [0.4, 0.5) is 4.39 Å². The number of nitrogens with one attached hydrogen (secondary N) is 2. The summed E-state index contributed by atoms with van der Waals surface area (Å²) in [5.74, 6) is -2.31. The van der Waals surface area contributed by atoms with E-state index in [0.717, 1.165) is 24.9 Å². The van der Waals surface area contributed by atoms with Crippen molar-refractivity contribution in [3.05, 3.63) is 89.0 Å². The van der Waals surface area contributed by atoms with Crippen molar-refractivity contribution in [1.82, 2.24) is 15.6 Å². The Balaban J connectivity index is 1.41. The number of amides is 1. The van der Waals surface area contributed by atoms with Crippen molar-refractivity contribution in [2.24, 2.45) is 0 Å². The summed E-state index contributed by atoms with van der Waals surface area (Å²) in [4.78, 5) is 29.4. The smallest absolute Gasteiger partial charge is 0.251 e. The number of nitrogens with zero attached hydrogens (tertiary/aromatic N) is 1. The summed E-state index contributed by atoms with van der Waals surface area (Å²) < 4.78 is 25.7. The molecule has 1 saturated heterocycles. The van der Waals surface area contributed by atoms with Crippen LogP contribution in [0.5, 0.6) is 11.5 Å². The van der Waals surface area contributed by atoms with Gasteiger partial charge < -0.3 is 25.2 Å². The maximum absolute atomic E-state index is 14.6. The predicted octanol–water partition coefficient (Wildman–Crippen LogP) is 3.23. The second-order valence-electron chi connectivity index (χ2n) is 8.51. The second kappa shape index (κ2) is 11.7. The minimum atomic E-state index is -0.906. The number of benzene rings is 2. The molecular weight excluding hydrogens is 465 g/mol. The van der Waals surface area contributed by atoms with Crippen LogP contribution in [-0.2, 0) is 11.3 Å². The number of pyridine rings is 1. The molecule has 3 aromatic rings. The summed E-state index contributed by atoms with van der Waals surface area (Å²) >= 11 is 0. The third-order valence-electron chi connectivity index (χ3n) is 6.13. The molecule has 4 rings (SSSR count). The molecule has 1 aromatic heterocycles. The molecule has 1 aliphatic rings. The number of carbonyl (C=O) groups excluding carboxylic acids is 2. The van der Waals surface area contributed by atoms with E-state index in [4.69, 9.17) is 9.47 Å². The number of hydrogen-bond acceptors (Lipinski definition) is 7. The number of methoxy groups -OCH3 is 1. The molecule has 8 nitrogen and oxygen atoms in total. The van der Waals surface area contributed by atoms with Crippen molar-refractivity contribution in [2.45, 2.75) is 31.6 Å². The van der Waals surface area contributed by atoms with E-state index in [9.17, 15) is 19.1 Å². The molecule has 2 unspecified atom stereocenters. The van der Waals surface area contributed by atoms with Gasteiger partial charge in [0.15, 0.2) is 17.3 Å². The Morgan fingerprint density at radius 1 is 1.11 bits per heavy atom. The molecule has 0 aliphatic carbocycles. The van der Waals surface area contributed by atoms with Gasteiger partial charge in [0, 0.05) is 30.1 Å². The summed E-state index contributed by atoms with van der Waals surface area (Å²) in [6.45, 7) is 1.70. The van der Waals surface area contributed by atoms with Crippen LogP contribution in [0.3, 0.4) is 0 Å². The van der Waals surface area contributed by atoms with E-state index in [1.807, 2.05) is 0 Å². The molecule has 2 heterocycles. The Morgan fingerprint density at radius 2 is 1.86 bits per heavy atom. The van der Waals surface area contributed by atoms with Gasteiger partial charge in [-0.15, -0.1) is 0 Å². The number of halogens is 1. The van der Waals surface area contributed by atoms with E-state index < -0.39 is 22.9 Å². The first-order chi connectivity index (χ1) is 17.5. The Bertz CT molecular complexity index is 1200. The number of ether oxygens (including phenoxy) is 2. The van der Waals surface area contributed by atoms with Crippen LogP contribution < -0.4 is 15.4 Å². The number of hydrogen-bond donors (Lipinski definition) is 3. The molecule has 1 aliphatic heterocycles. The van der Waals surface area contributed by atoms with Crippen LogP contribution in [0.25, 0.3) is 0 Å². The van der Waals surface area contributed by atoms with E-state index in [0.29, 0.717) is 12.1 Å². The van der Waals surface area contributed by atoms with Crippen molar-refractivity contribution in [1.29, 1.82) is 0 Å². The molecule has 0 radical (unpaired) electrons. The van der Waals surface area contributed by atoms with Crippen molar-refractivity contribution >= 4 is 11.7 Å². The highest BCUT2D eigenvalue weighted by molar-refractivity contribution is 6.11. The highest BCUT2D eigenvalue weighted by Crippen LogP contribution is 2.30. The normalized spacial score (nSPS) is 17.7. The first-order valence-corrected chi connectivity index (χ1v) is 11.7. The fourth-order valence-corrected chi connectivity index (χ4v) is 4.14. The van der Waals surface area contributed by atoms with Crippen molar-refractivity contribution in [3.63, 3.8) is 0 Å². The van der Waals surface area contributed by atoms with Crippen molar-refractivity contribution < 1.29 is 28.6 Å². The SMILES string of the molecule is COc1ccc(O)c(C(=O)c2ccc(COC3CCCNCC3NC(=O)c3ccncc3)cc2)c1F. The maximum atomic E-state index is 14.6. The number of carbonyl (C=O) groups is 2. The molecule has 0 bridgehead atoms. The Kier molecular flexibility index (Phi) is 8.24. The monoisotopic (exact) mass is 493 g/mol. The van der Waals surface area contributed by atoms with Crippen molar-refractivity contribution in [2.75, 3.05) is 20.2 Å². The summed E-state index contributed by atoms with van der Waals surface area (Å²) in [5, 5.41) is 16.4. The molecule has 188 valence electrons. The van der Waals surface area contributed by atoms with Gasteiger partial charge in [-0.05, 0) is 49.2 Å². The fraction of sp³-hybridized carbons (Fsp3) is 0.296. The van der Waals surface area contributed by atoms with Crippen LogP contribution in [-0.4, -0.2) is 54.1 Å². The van der Waals surface area contributed by atoms with E-state index >= 15 is 0 Å². The van der Waals surface area contributed by atoms with Gasteiger partial charge in [0.2, 0.25) is 0 Å².